The number of hydrogen-bond donors (Lipinski definition) is 0. The van der Waals surface area contributed by atoms with E-state index in [1.165, 1.54) is 6.08 Å². The maximum Gasteiger partial charge on any atom is 0.0912 e. The molecule has 0 saturated carbocycles. The lowest BCUT2D eigenvalue weighted by Crippen LogP contribution is -1.61. The highest BCUT2D eigenvalue weighted by molar-refractivity contribution is 5.19. The van der Waals surface area contributed by atoms with Crippen molar-refractivity contribution in [2.24, 2.45) is 0 Å². The lowest BCUT2D eigenvalue weighted by atomic mass is 10.3. The zero-order valence-corrected chi connectivity index (χ0v) is 5.18. The predicted octanol–water partition coefficient (Wildman–Crippen LogP) is 2.03. The molecule has 0 bridgehead atoms. The van der Waals surface area contributed by atoms with Gasteiger partial charge in [-0.2, -0.15) is 5.26 Å². The van der Waals surface area contributed by atoms with Crippen molar-refractivity contribution < 1.29 is 0 Å². The molecule has 0 saturated heterocycles. The van der Waals surface area contributed by atoms with Crippen LogP contribution in [-0.4, -0.2) is 0 Å². The van der Waals surface area contributed by atoms with Crippen LogP contribution in [0.15, 0.2) is 23.8 Å². The molecule has 1 nitrogen and oxygen atoms in total. The summed E-state index contributed by atoms with van der Waals surface area (Å²) < 4.78 is 0. The van der Waals surface area contributed by atoms with Crippen molar-refractivity contribution in [1.29, 1.82) is 5.26 Å². The minimum absolute atomic E-state index is 1.12. The Balaban J connectivity index is 3.75. The fourth-order valence-electron chi connectivity index (χ4n) is 0.265. The Bertz CT molecular complexity index is 146. The van der Waals surface area contributed by atoms with E-state index in [4.69, 9.17) is 5.26 Å². The lowest BCUT2D eigenvalue weighted by Gasteiger charge is -1.80. The van der Waals surface area contributed by atoms with Gasteiger partial charge in [-0.15, -0.1) is 0 Å². The normalized spacial score (nSPS) is 11.9. The second-order valence-electron chi connectivity index (χ2n) is 1.50. The van der Waals surface area contributed by atoms with Crippen LogP contribution in [0.5, 0.6) is 0 Å². The summed E-state index contributed by atoms with van der Waals surface area (Å²) >= 11 is 0. The highest BCUT2D eigenvalue weighted by atomic mass is 14.2. The molecule has 0 rings (SSSR count). The standard InChI is InChI=1S/C7H9N/c1-3-7(2)5-4-6-8/h3-5H,1-2H3/b5-4+,7-3+. The van der Waals surface area contributed by atoms with Gasteiger partial charge in [0.2, 0.25) is 0 Å². The third kappa shape index (κ3) is 3.17. The molecule has 8 heavy (non-hydrogen) atoms. The Morgan fingerprint density at radius 2 is 2.25 bits per heavy atom. The van der Waals surface area contributed by atoms with Crippen LogP contribution >= 0.6 is 0 Å². The SMILES string of the molecule is C/C=C(C)/C=C/C#N. The third-order valence-electron chi connectivity index (χ3n) is 0.876. The molecule has 0 amide bonds. The molecule has 0 spiro atoms. The van der Waals surface area contributed by atoms with Gasteiger partial charge >= 0.3 is 0 Å². The zero-order chi connectivity index (χ0) is 6.41. The Morgan fingerprint density at radius 1 is 1.62 bits per heavy atom. The fourth-order valence-corrected chi connectivity index (χ4v) is 0.265. The van der Waals surface area contributed by atoms with Gasteiger partial charge in [0.25, 0.3) is 0 Å². The summed E-state index contributed by atoms with van der Waals surface area (Å²) in [5.41, 5.74) is 1.12. The summed E-state index contributed by atoms with van der Waals surface area (Å²) in [5.74, 6) is 0. The molecule has 0 aromatic rings. The van der Waals surface area contributed by atoms with Gasteiger partial charge in [0, 0.05) is 6.08 Å². The summed E-state index contributed by atoms with van der Waals surface area (Å²) in [6.45, 7) is 3.89. The first kappa shape index (κ1) is 6.97. The van der Waals surface area contributed by atoms with Gasteiger partial charge in [-0.3, -0.25) is 0 Å². The number of allylic oxidation sites excluding steroid dienone is 4. The Labute approximate surface area is 49.9 Å². The highest BCUT2D eigenvalue weighted by Gasteiger charge is 1.72. The van der Waals surface area contributed by atoms with Crippen LogP contribution < -0.4 is 0 Å². The maximum absolute atomic E-state index is 8.05. The molecule has 0 aromatic carbocycles. The number of hydrogen-bond acceptors (Lipinski definition) is 1. The van der Waals surface area contributed by atoms with Gasteiger partial charge in [-0.1, -0.05) is 11.6 Å². The Morgan fingerprint density at radius 3 is 2.62 bits per heavy atom. The summed E-state index contributed by atoms with van der Waals surface area (Å²) in [6.07, 6.45) is 5.20. The number of nitriles is 1. The molecule has 0 unspecified atom stereocenters. The molecule has 0 atom stereocenters. The zero-order valence-electron chi connectivity index (χ0n) is 5.18. The van der Waals surface area contributed by atoms with Crippen LogP contribution in [0.1, 0.15) is 13.8 Å². The van der Waals surface area contributed by atoms with E-state index in [0.29, 0.717) is 0 Å². The number of rotatable bonds is 1. The molecule has 0 aliphatic heterocycles. The molecule has 0 heterocycles. The van der Waals surface area contributed by atoms with E-state index in [2.05, 4.69) is 0 Å². The topological polar surface area (TPSA) is 23.8 Å². The Hall–Kier alpha value is -1.03. The number of nitrogens with zero attached hydrogens (tertiary/aromatic N) is 1. The molecule has 0 N–H and O–H groups in total. The largest absolute Gasteiger partial charge is 0.193 e. The van der Waals surface area contributed by atoms with Gasteiger partial charge in [-0.25, -0.2) is 0 Å². The first-order chi connectivity index (χ1) is 3.81. The predicted molar refractivity (Wildman–Crippen MR) is 34.2 cm³/mol. The summed E-state index contributed by atoms with van der Waals surface area (Å²) in [4.78, 5) is 0. The van der Waals surface area contributed by atoms with Crippen LogP contribution in [0, 0.1) is 11.3 Å². The first-order valence-electron chi connectivity index (χ1n) is 2.50. The first-order valence-corrected chi connectivity index (χ1v) is 2.50. The van der Waals surface area contributed by atoms with Crippen LogP contribution in [-0.2, 0) is 0 Å². The molecule has 0 aliphatic carbocycles. The van der Waals surface area contributed by atoms with Crippen LogP contribution in [0.4, 0.5) is 0 Å². The maximum atomic E-state index is 8.05. The third-order valence-corrected chi connectivity index (χ3v) is 0.876. The molecule has 0 aromatic heterocycles. The van der Waals surface area contributed by atoms with Crippen molar-refractivity contribution in [3.63, 3.8) is 0 Å². The highest BCUT2D eigenvalue weighted by Crippen LogP contribution is 1.91. The molecule has 42 valence electrons. The van der Waals surface area contributed by atoms with Gasteiger partial charge in [0.05, 0.1) is 6.07 Å². The van der Waals surface area contributed by atoms with Crippen molar-refractivity contribution in [2.75, 3.05) is 0 Å². The van der Waals surface area contributed by atoms with E-state index in [9.17, 15) is 0 Å². The van der Waals surface area contributed by atoms with Crippen LogP contribution in [0.2, 0.25) is 0 Å². The van der Waals surface area contributed by atoms with E-state index >= 15 is 0 Å². The van der Waals surface area contributed by atoms with Crippen molar-refractivity contribution in [3.05, 3.63) is 23.8 Å². The van der Waals surface area contributed by atoms with Gasteiger partial charge in [-0.05, 0) is 19.9 Å². The van der Waals surface area contributed by atoms with Gasteiger partial charge < -0.3 is 0 Å². The average molecular weight is 107 g/mol. The van der Waals surface area contributed by atoms with Crippen LogP contribution in [0.25, 0.3) is 0 Å². The summed E-state index contributed by atoms with van der Waals surface area (Å²) in [7, 11) is 0. The van der Waals surface area contributed by atoms with Crippen molar-refractivity contribution in [3.8, 4) is 6.07 Å². The monoisotopic (exact) mass is 107 g/mol. The second kappa shape index (κ2) is 4.14. The van der Waals surface area contributed by atoms with Crippen LogP contribution in [0.3, 0.4) is 0 Å². The Kier molecular flexibility index (Phi) is 3.60. The fraction of sp³-hybridized carbons (Fsp3) is 0.286. The summed E-state index contributed by atoms with van der Waals surface area (Å²) in [6, 6.07) is 1.91. The molecule has 1 heteroatoms. The van der Waals surface area contributed by atoms with Crippen molar-refractivity contribution in [1.82, 2.24) is 0 Å². The molecular weight excluding hydrogens is 98.1 g/mol. The smallest absolute Gasteiger partial charge is 0.0912 e. The van der Waals surface area contributed by atoms with E-state index in [-0.39, 0.29) is 0 Å². The van der Waals surface area contributed by atoms with E-state index in [1.807, 2.05) is 26.0 Å². The van der Waals surface area contributed by atoms with Crippen molar-refractivity contribution in [2.45, 2.75) is 13.8 Å². The summed E-state index contributed by atoms with van der Waals surface area (Å²) in [5, 5.41) is 8.05. The quantitative estimate of drug-likeness (QED) is 0.371. The second-order valence-corrected chi connectivity index (χ2v) is 1.50. The van der Waals surface area contributed by atoms with Gasteiger partial charge in [0.1, 0.15) is 0 Å². The van der Waals surface area contributed by atoms with Gasteiger partial charge in [0.15, 0.2) is 0 Å². The minimum Gasteiger partial charge on any atom is -0.193 e. The van der Waals surface area contributed by atoms with E-state index in [1.54, 1.807) is 6.08 Å². The molecule has 0 aliphatic rings. The molecule has 0 radical (unpaired) electrons. The molecule has 0 fully saturated rings. The lowest BCUT2D eigenvalue weighted by molar-refractivity contribution is 1.47. The minimum atomic E-state index is 1.12. The van der Waals surface area contributed by atoms with E-state index < -0.39 is 0 Å². The van der Waals surface area contributed by atoms with E-state index in [0.717, 1.165) is 5.57 Å². The average Bonchev–Trinajstić information content (AvgIpc) is 1.83. The molecular formula is C7H9N. The van der Waals surface area contributed by atoms with Crippen molar-refractivity contribution >= 4 is 0 Å².